The molecule has 0 aromatic heterocycles. The maximum Gasteiger partial charge on any atom is 0.269 e. The van der Waals surface area contributed by atoms with Gasteiger partial charge in [-0.1, -0.05) is 0 Å². The van der Waals surface area contributed by atoms with E-state index in [1.807, 2.05) is 0 Å². The molecule has 2 aromatic carbocycles. The van der Waals surface area contributed by atoms with Crippen molar-refractivity contribution in [2.24, 2.45) is 5.18 Å². The molecule has 6 heteroatoms. The highest BCUT2D eigenvalue weighted by atomic mass is 16.6. The van der Waals surface area contributed by atoms with E-state index in [0.717, 1.165) is 5.56 Å². The van der Waals surface area contributed by atoms with Crippen molar-refractivity contribution in [3.8, 4) is 5.75 Å². The first-order valence-electron chi connectivity index (χ1n) is 5.48. The van der Waals surface area contributed by atoms with Crippen LogP contribution in [-0.4, -0.2) is 4.92 Å². The first-order chi connectivity index (χ1) is 9.19. The zero-order chi connectivity index (χ0) is 13.7. The SMILES string of the molecule is O=Nc1ccc(OCc2ccc([N+](=O)[O-])cc2)cc1. The Labute approximate surface area is 108 Å². The Bertz CT molecular complexity index is 579. The van der Waals surface area contributed by atoms with Gasteiger partial charge < -0.3 is 4.74 Å². The molecule has 0 amide bonds. The van der Waals surface area contributed by atoms with Crippen molar-refractivity contribution in [2.45, 2.75) is 6.61 Å². The highest BCUT2D eigenvalue weighted by Crippen LogP contribution is 2.19. The van der Waals surface area contributed by atoms with Crippen LogP contribution >= 0.6 is 0 Å². The summed E-state index contributed by atoms with van der Waals surface area (Å²) in [6.07, 6.45) is 0. The first-order valence-corrected chi connectivity index (χ1v) is 5.48. The van der Waals surface area contributed by atoms with Crippen molar-refractivity contribution in [3.05, 3.63) is 69.1 Å². The van der Waals surface area contributed by atoms with Gasteiger partial charge in [0.25, 0.3) is 5.69 Å². The molecule has 0 unspecified atom stereocenters. The van der Waals surface area contributed by atoms with Gasteiger partial charge in [-0.2, -0.15) is 0 Å². The Hall–Kier alpha value is -2.76. The standard InChI is InChI=1S/C13H10N2O4/c16-14-11-3-7-13(8-4-11)19-9-10-1-5-12(6-2-10)15(17)18/h1-8H,9H2. The number of hydrogen-bond acceptors (Lipinski definition) is 5. The summed E-state index contributed by atoms with van der Waals surface area (Å²) in [6.45, 7) is 0.297. The molecule has 0 heterocycles. The van der Waals surface area contributed by atoms with Gasteiger partial charge in [0.15, 0.2) is 0 Å². The minimum Gasteiger partial charge on any atom is -0.489 e. The maximum atomic E-state index is 10.5. The van der Waals surface area contributed by atoms with Crippen molar-refractivity contribution in [1.82, 2.24) is 0 Å². The topological polar surface area (TPSA) is 81.8 Å². The van der Waals surface area contributed by atoms with Crippen molar-refractivity contribution < 1.29 is 9.66 Å². The zero-order valence-electron chi connectivity index (χ0n) is 9.85. The van der Waals surface area contributed by atoms with E-state index in [9.17, 15) is 15.0 Å². The fourth-order valence-corrected chi connectivity index (χ4v) is 1.48. The summed E-state index contributed by atoms with van der Waals surface area (Å²) in [4.78, 5) is 20.3. The Morgan fingerprint density at radius 3 is 2.21 bits per heavy atom. The lowest BCUT2D eigenvalue weighted by atomic mass is 10.2. The molecule has 2 aromatic rings. The highest BCUT2D eigenvalue weighted by molar-refractivity contribution is 5.41. The van der Waals surface area contributed by atoms with Crippen LogP contribution in [0.4, 0.5) is 11.4 Å². The normalized spacial score (nSPS) is 9.89. The molecule has 0 radical (unpaired) electrons. The number of nitro benzene ring substituents is 1. The minimum absolute atomic E-state index is 0.0464. The minimum atomic E-state index is -0.449. The van der Waals surface area contributed by atoms with Crippen LogP contribution in [-0.2, 0) is 6.61 Å². The Morgan fingerprint density at radius 1 is 1.05 bits per heavy atom. The zero-order valence-corrected chi connectivity index (χ0v) is 9.85. The molecule has 0 aliphatic heterocycles. The van der Waals surface area contributed by atoms with Crippen LogP contribution < -0.4 is 4.74 Å². The summed E-state index contributed by atoms with van der Waals surface area (Å²) >= 11 is 0. The maximum absolute atomic E-state index is 10.5. The van der Waals surface area contributed by atoms with Gasteiger partial charge in [0, 0.05) is 12.1 Å². The van der Waals surface area contributed by atoms with E-state index in [0.29, 0.717) is 18.0 Å². The fraction of sp³-hybridized carbons (Fsp3) is 0.0769. The van der Waals surface area contributed by atoms with Gasteiger partial charge >= 0.3 is 0 Å². The molecule has 0 aliphatic rings. The van der Waals surface area contributed by atoms with E-state index in [2.05, 4.69) is 5.18 Å². The molecule has 0 N–H and O–H groups in total. The van der Waals surface area contributed by atoms with Crippen molar-refractivity contribution in [2.75, 3.05) is 0 Å². The molecule has 0 saturated carbocycles. The van der Waals surface area contributed by atoms with E-state index in [-0.39, 0.29) is 5.69 Å². The lowest BCUT2D eigenvalue weighted by molar-refractivity contribution is -0.384. The van der Waals surface area contributed by atoms with Gasteiger partial charge in [-0.3, -0.25) is 10.1 Å². The first kappa shape index (κ1) is 12.7. The highest BCUT2D eigenvalue weighted by Gasteiger charge is 2.04. The van der Waals surface area contributed by atoms with E-state index in [1.54, 1.807) is 36.4 Å². The molecule has 0 bridgehead atoms. The molecule has 6 nitrogen and oxygen atoms in total. The quantitative estimate of drug-likeness (QED) is 0.466. The van der Waals surface area contributed by atoms with Crippen LogP contribution in [0, 0.1) is 15.0 Å². The average molecular weight is 258 g/mol. The summed E-state index contributed by atoms with van der Waals surface area (Å²) in [7, 11) is 0. The van der Waals surface area contributed by atoms with Crippen LogP contribution in [0.1, 0.15) is 5.56 Å². The fourth-order valence-electron chi connectivity index (χ4n) is 1.48. The number of nitro groups is 1. The summed E-state index contributed by atoms with van der Waals surface area (Å²) < 4.78 is 5.48. The summed E-state index contributed by atoms with van der Waals surface area (Å²) in [5, 5.41) is 13.3. The number of non-ortho nitro benzene ring substituents is 1. The molecule has 0 saturated heterocycles. The number of benzene rings is 2. The molecule has 19 heavy (non-hydrogen) atoms. The van der Waals surface area contributed by atoms with E-state index in [1.165, 1.54) is 12.1 Å². The van der Waals surface area contributed by atoms with Crippen molar-refractivity contribution in [3.63, 3.8) is 0 Å². The van der Waals surface area contributed by atoms with Crippen LogP contribution in [0.15, 0.2) is 53.7 Å². The van der Waals surface area contributed by atoms with Crippen LogP contribution in [0.2, 0.25) is 0 Å². The van der Waals surface area contributed by atoms with Gasteiger partial charge in [-0.25, -0.2) is 0 Å². The monoisotopic (exact) mass is 258 g/mol. The largest absolute Gasteiger partial charge is 0.489 e. The Morgan fingerprint density at radius 2 is 1.68 bits per heavy atom. The smallest absolute Gasteiger partial charge is 0.269 e. The van der Waals surface area contributed by atoms with Crippen LogP contribution in [0.5, 0.6) is 5.75 Å². The molecule has 0 atom stereocenters. The van der Waals surface area contributed by atoms with Gasteiger partial charge in [0.1, 0.15) is 18.0 Å². The third-order valence-corrected chi connectivity index (χ3v) is 2.49. The van der Waals surface area contributed by atoms with Gasteiger partial charge in [-0.15, -0.1) is 4.91 Å². The Kier molecular flexibility index (Phi) is 3.82. The molecular formula is C13H10N2O4. The summed E-state index contributed by atoms with van der Waals surface area (Å²) in [6, 6.07) is 12.5. The Balaban J connectivity index is 1.97. The second kappa shape index (κ2) is 5.72. The lowest BCUT2D eigenvalue weighted by Gasteiger charge is -2.05. The molecular weight excluding hydrogens is 248 g/mol. The molecule has 0 fully saturated rings. The molecule has 2 rings (SSSR count). The van der Waals surface area contributed by atoms with E-state index < -0.39 is 4.92 Å². The van der Waals surface area contributed by atoms with Crippen LogP contribution in [0.25, 0.3) is 0 Å². The van der Waals surface area contributed by atoms with Gasteiger partial charge in [-0.05, 0) is 47.1 Å². The van der Waals surface area contributed by atoms with E-state index >= 15 is 0 Å². The van der Waals surface area contributed by atoms with Gasteiger partial charge in [0.05, 0.1) is 4.92 Å². The van der Waals surface area contributed by atoms with Crippen molar-refractivity contribution in [1.29, 1.82) is 0 Å². The second-order valence-corrected chi connectivity index (χ2v) is 3.80. The molecule has 0 aliphatic carbocycles. The summed E-state index contributed by atoms with van der Waals surface area (Å²) in [5.74, 6) is 0.603. The number of nitroso groups, excluding NO2 is 1. The van der Waals surface area contributed by atoms with E-state index in [4.69, 9.17) is 4.74 Å². The lowest BCUT2D eigenvalue weighted by Crippen LogP contribution is -1.95. The average Bonchev–Trinajstić information content (AvgIpc) is 2.46. The van der Waals surface area contributed by atoms with Crippen molar-refractivity contribution >= 4 is 11.4 Å². The van der Waals surface area contributed by atoms with Crippen LogP contribution in [0.3, 0.4) is 0 Å². The predicted octanol–water partition coefficient (Wildman–Crippen LogP) is 3.57. The third-order valence-electron chi connectivity index (χ3n) is 2.49. The number of rotatable bonds is 5. The third kappa shape index (κ3) is 3.35. The molecule has 96 valence electrons. The summed E-state index contributed by atoms with van der Waals surface area (Å²) in [5.41, 5.74) is 1.20. The van der Waals surface area contributed by atoms with Gasteiger partial charge in [0.2, 0.25) is 0 Å². The number of ether oxygens (including phenoxy) is 1. The predicted molar refractivity (Wildman–Crippen MR) is 69.3 cm³/mol. The second-order valence-electron chi connectivity index (χ2n) is 3.80. The molecule has 0 spiro atoms. The number of hydrogen-bond donors (Lipinski definition) is 0. The number of nitrogens with zero attached hydrogens (tertiary/aromatic N) is 2.